The zero-order chi connectivity index (χ0) is 23.8. The summed E-state index contributed by atoms with van der Waals surface area (Å²) >= 11 is 8.49. The molecule has 0 radical (unpaired) electrons. The second kappa shape index (κ2) is 16.5. The number of rotatable bonds is 4. The van der Waals surface area contributed by atoms with E-state index in [0.29, 0.717) is 23.8 Å². The van der Waals surface area contributed by atoms with Gasteiger partial charge in [-0.25, -0.2) is 26.0 Å². The third-order valence-corrected chi connectivity index (χ3v) is 3.46. The van der Waals surface area contributed by atoms with Gasteiger partial charge in [0.1, 0.15) is 0 Å². The summed E-state index contributed by atoms with van der Waals surface area (Å²) in [4.78, 5) is 0. The maximum Gasteiger partial charge on any atom is 0.169 e. The van der Waals surface area contributed by atoms with E-state index >= 15 is 0 Å². The standard InChI is InChI=1S/2C8H11NS.2CH4O3S/c1-8(7-10)9-5-3-2-4-6-9;1-8(10)7-9-5-3-2-4-6-9;2*1-5(2,3)4/h2*2-6,8H,7H2,1H3;2*1H3,(H,2,3,4). The van der Waals surface area contributed by atoms with Crippen molar-refractivity contribution in [2.24, 2.45) is 0 Å². The molecule has 0 spiro atoms. The first-order valence-electron chi connectivity index (χ1n) is 8.64. The third kappa shape index (κ3) is 29.0. The molecule has 2 aromatic rings. The number of hydrogen-bond acceptors (Lipinski definition) is 8. The minimum absolute atomic E-state index is 0.424. The van der Waals surface area contributed by atoms with E-state index in [1.54, 1.807) is 0 Å². The molecular weight excluding hydrogens is 468 g/mol. The van der Waals surface area contributed by atoms with Crippen LogP contribution in [0.4, 0.5) is 0 Å². The Labute approximate surface area is 191 Å². The summed E-state index contributed by atoms with van der Waals surface area (Å²) in [6, 6.07) is 12.6. The second-order valence-corrected chi connectivity index (χ2v) is 10.2. The molecule has 0 bridgehead atoms. The fourth-order valence-corrected chi connectivity index (χ4v) is 2.04. The quantitative estimate of drug-likeness (QED) is 0.370. The van der Waals surface area contributed by atoms with E-state index in [1.807, 2.05) is 48.8 Å². The lowest BCUT2D eigenvalue weighted by Gasteiger charge is -2.00. The largest absolute Gasteiger partial charge is 0.748 e. The Morgan fingerprint density at radius 2 is 1.13 bits per heavy atom. The summed E-state index contributed by atoms with van der Waals surface area (Å²) in [5.41, 5.74) is 0. The number of pyridine rings is 2. The molecule has 0 aliphatic heterocycles. The molecule has 0 aliphatic rings. The smallest absolute Gasteiger partial charge is 0.169 e. The van der Waals surface area contributed by atoms with Crippen molar-refractivity contribution >= 4 is 45.5 Å². The summed E-state index contributed by atoms with van der Waals surface area (Å²) in [6.07, 6.45) is 9.42. The molecule has 0 N–H and O–H groups in total. The zero-order valence-corrected chi connectivity index (χ0v) is 20.8. The van der Waals surface area contributed by atoms with Crippen molar-refractivity contribution in [2.75, 3.05) is 18.3 Å². The van der Waals surface area contributed by atoms with Gasteiger partial charge in [-0.3, -0.25) is 0 Å². The minimum atomic E-state index is -3.92. The molecule has 0 fully saturated rings. The van der Waals surface area contributed by atoms with Crippen LogP contribution in [-0.2, 0) is 26.8 Å². The maximum absolute atomic E-state index is 9.08. The molecule has 2 heterocycles. The average molecular weight is 499 g/mol. The second-order valence-electron chi connectivity index (χ2n) is 6.18. The van der Waals surface area contributed by atoms with Crippen molar-refractivity contribution in [1.29, 1.82) is 0 Å². The first-order chi connectivity index (χ1) is 13.6. The molecule has 8 nitrogen and oxygen atoms in total. The molecule has 2 unspecified atom stereocenters. The van der Waals surface area contributed by atoms with Crippen LogP contribution in [0.25, 0.3) is 0 Å². The van der Waals surface area contributed by atoms with Gasteiger partial charge in [-0.1, -0.05) is 12.1 Å². The van der Waals surface area contributed by atoms with Crippen molar-refractivity contribution in [2.45, 2.75) is 31.7 Å². The predicted molar refractivity (Wildman–Crippen MR) is 122 cm³/mol. The normalized spacial score (nSPS) is 12.5. The van der Waals surface area contributed by atoms with E-state index in [9.17, 15) is 0 Å². The first kappa shape index (κ1) is 31.0. The fourth-order valence-electron chi connectivity index (χ4n) is 1.66. The van der Waals surface area contributed by atoms with E-state index < -0.39 is 20.2 Å². The Morgan fingerprint density at radius 3 is 1.43 bits per heavy atom. The highest BCUT2D eigenvalue weighted by Crippen LogP contribution is 1.95. The molecular formula is C18H30N2O6S4. The third-order valence-electron chi connectivity index (χ3n) is 2.76. The van der Waals surface area contributed by atoms with Crippen molar-refractivity contribution in [3.63, 3.8) is 0 Å². The molecule has 0 amide bonds. The van der Waals surface area contributed by atoms with Crippen molar-refractivity contribution in [3.05, 3.63) is 61.2 Å². The van der Waals surface area contributed by atoms with E-state index in [1.165, 1.54) is 0 Å². The highest BCUT2D eigenvalue weighted by Gasteiger charge is 2.06. The Hall–Kier alpha value is -1.18. The summed E-state index contributed by atoms with van der Waals surface area (Å²) in [5.74, 6) is 0.884. The summed E-state index contributed by atoms with van der Waals surface area (Å²) < 4.78 is 58.7. The first-order valence-corrected chi connectivity index (χ1v) is 13.4. The maximum atomic E-state index is 9.08. The number of hydrogen-bond donors (Lipinski definition) is 2. The number of nitrogens with zero attached hydrogens (tertiary/aromatic N) is 2. The topological polar surface area (TPSA) is 122 Å². The monoisotopic (exact) mass is 498 g/mol. The van der Waals surface area contributed by atoms with Crippen LogP contribution in [0.1, 0.15) is 19.9 Å². The molecule has 12 heteroatoms. The highest BCUT2D eigenvalue weighted by molar-refractivity contribution is 7.85. The van der Waals surface area contributed by atoms with Crippen LogP contribution in [0.3, 0.4) is 0 Å². The van der Waals surface area contributed by atoms with Gasteiger partial charge in [0.05, 0.1) is 31.2 Å². The van der Waals surface area contributed by atoms with Gasteiger partial charge in [0.25, 0.3) is 0 Å². The average Bonchev–Trinajstić information content (AvgIpc) is 2.60. The Kier molecular flexibility index (Phi) is 17.1. The van der Waals surface area contributed by atoms with E-state index in [-0.39, 0.29) is 0 Å². The van der Waals surface area contributed by atoms with Gasteiger partial charge >= 0.3 is 0 Å². The van der Waals surface area contributed by atoms with Gasteiger partial charge in [-0.05, 0) is 13.8 Å². The minimum Gasteiger partial charge on any atom is -0.748 e. The van der Waals surface area contributed by atoms with Crippen LogP contribution < -0.4 is 9.13 Å². The lowest BCUT2D eigenvalue weighted by atomic mass is 10.3. The molecule has 0 saturated heterocycles. The lowest BCUT2D eigenvalue weighted by Crippen LogP contribution is -2.37. The molecule has 2 rings (SSSR count). The summed E-state index contributed by atoms with van der Waals surface area (Å²) in [7, 11) is -7.83. The van der Waals surface area contributed by atoms with Crippen LogP contribution in [0.2, 0.25) is 0 Å². The van der Waals surface area contributed by atoms with Crippen LogP contribution in [0.5, 0.6) is 0 Å². The van der Waals surface area contributed by atoms with Crippen LogP contribution in [0, 0.1) is 0 Å². The van der Waals surface area contributed by atoms with Crippen LogP contribution in [-0.4, -0.2) is 49.5 Å². The molecule has 30 heavy (non-hydrogen) atoms. The van der Waals surface area contributed by atoms with E-state index in [4.69, 9.17) is 25.9 Å². The van der Waals surface area contributed by atoms with Gasteiger partial charge in [0.15, 0.2) is 37.4 Å². The summed E-state index contributed by atoms with van der Waals surface area (Å²) in [6.45, 7) is 5.21. The predicted octanol–water partition coefficient (Wildman–Crippen LogP) is 1.08. The molecule has 2 atom stereocenters. The molecule has 0 saturated carbocycles. The Morgan fingerprint density at radius 1 is 0.800 bits per heavy atom. The molecule has 172 valence electrons. The van der Waals surface area contributed by atoms with Gasteiger partial charge in [0, 0.05) is 36.8 Å². The van der Waals surface area contributed by atoms with E-state index in [2.05, 4.69) is 60.6 Å². The van der Waals surface area contributed by atoms with E-state index in [0.717, 1.165) is 12.3 Å². The van der Waals surface area contributed by atoms with Crippen molar-refractivity contribution in [3.8, 4) is 0 Å². The van der Waals surface area contributed by atoms with Gasteiger partial charge in [-0.15, -0.1) is 0 Å². The number of thiol groups is 2. The Balaban J connectivity index is 0. The van der Waals surface area contributed by atoms with Gasteiger partial charge in [-0.2, -0.15) is 25.3 Å². The molecule has 0 aromatic carbocycles. The molecule has 0 aliphatic carbocycles. The lowest BCUT2D eigenvalue weighted by molar-refractivity contribution is -0.714. The molecule has 2 aromatic heterocycles. The van der Waals surface area contributed by atoms with Gasteiger partial charge < -0.3 is 9.11 Å². The van der Waals surface area contributed by atoms with Crippen molar-refractivity contribution < 1.29 is 35.1 Å². The summed E-state index contributed by atoms with van der Waals surface area (Å²) in [5, 5.41) is 0.424. The highest BCUT2D eigenvalue weighted by atomic mass is 32.2. The van der Waals surface area contributed by atoms with Crippen LogP contribution >= 0.6 is 25.3 Å². The van der Waals surface area contributed by atoms with Gasteiger partial charge in [0.2, 0.25) is 0 Å². The number of aromatic nitrogens is 2. The zero-order valence-electron chi connectivity index (χ0n) is 17.4. The SMILES string of the molecule is CC(CS)[n+]1ccccc1.CC(S)C[n+]1ccccc1.CS(=O)(=O)[O-].CS(=O)(=O)[O-]. The van der Waals surface area contributed by atoms with Crippen molar-refractivity contribution in [1.82, 2.24) is 0 Å². The van der Waals surface area contributed by atoms with Crippen LogP contribution in [0.15, 0.2) is 61.2 Å². The fraction of sp³-hybridized carbons (Fsp3) is 0.444. The Bertz CT molecular complexity index is 831.